The van der Waals surface area contributed by atoms with Gasteiger partial charge in [0.05, 0.1) is 7.11 Å². The summed E-state index contributed by atoms with van der Waals surface area (Å²) in [5, 5.41) is 9.77. The molecule has 18 heavy (non-hydrogen) atoms. The smallest absolute Gasteiger partial charge is 0.339 e. The number of aliphatic hydroxyl groups is 1. The van der Waals surface area contributed by atoms with Gasteiger partial charge in [-0.25, -0.2) is 4.79 Å². The minimum atomic E-state index is -1.21. The summed E-state index contributed by atoms with van der Waals surface area (Å²) in [6.07, 6.45) is -0.0272. The molecule has 3 nitrogen and oxygen atoms in total. The Hall–Kier alpha value is -0.520. The summed E-state index contributed by atoms with van der Waals surface area (Å²) in [5.41, 5.74) is 1.81. The van der Waals surface area contributed by atoms with Gasteiger partial charge in [-0.2, -0.15) is 11.8 Å². The number of ether oxygens (including phenoxy) is 1. The van der Waals surface area contributed by atoms with Gasteiger partial charge >= 0.3 is 5.97 Å². The second-order valence-corrected chi connectivity index (χ2v) is 6.27. The molecule has 2 rings (SSSR count). The molecule has 1 aliphatic rings. The van der Waals surface area contributed by atoms with E-state index in [1.165, 1.54) is 24.8 Å². The minimum Gasteiger partial charge on any atom is -0.467 e. The number of benzene rings is 1. The van der Waals surface area contributed by atoms with Crippen LogP contribution in [0.15, 0.2) is 22.7 Å². The highest BCUT2D eigenvalue weighted by atomic mass is 79.9. The first kappa shape index (κ1) is 13.9. The van der Waals surface area contributed by atoms with Crippen molar-refractivity contribution in [3.05, 3.63) is 33.8 Å². The van der Waals surface area contributed by atoms with Crippen molar-refractivity contribution in [3.63, 3.8) is 0 Å². The molecule has 98 valence electrons. The lowest BCUT2D eigenvalue weighted by atomic mass is 9.96. The van der Waals surface area contributed by atoms with Crippen LogP contribution in [0.25, 0.3) is 0 Å². The SMILES string of the molecule is COC(=O)C(O)c1ccc(C2CCSC2)c(Br)c1. The summed E-state index contributed by atoms with van der Waals surface area (Å²) in [6.45, 7) is 0. The molecule has 0 bridgehead atoms. The van der Waals surface area contributed by atoms with Gasteiger partial charge in [0.25, 0.3) is 0 Å². The Balaban J connectivity index is 2.21. The van der Waals surface area contributed by atoms with Crippen molar-refractivity contribution in [1.82, 2.24) is 0 Å². The normalized spacial score (nSPS) is 20.7. The molecule has 1 aromatic rings. The van der Waals surface area contributed by atoms with E-state index < -0.39 is 12.1 Å². The van der Waals surface area contributed by atoms with Crippen LogP contribution in [0.5, 0.6) is 0 Å². The van der Waals surface area contributed by atoms with E-state index in [9.17, 15) is 9.90 Å². The summed E-state index contributed by atoms with van der Waals surface area (Å²) >= 11 is 5.48. The van der Waals surface area contributed by atoms with Crippen LogP contribution in [-0.2, 0) is 9.53 Å². The fourth-order valence-corrected chi connectivity index (χ4v) is 4.04. The van der Waals surface area contributed by atoms with Crippen molar-refractivity contribution in [1.29, 1.82) is 0 Å². The van der Waals surface area contributed by atoms with Crippen LogP contribution >= 0.6 is 27.7 Å². The summed E-state index contributed by atoms with van der Waals surface area (Å²) in [4.78, 5) is 11.3. The monoisotopic (exact) mass is 330 g/mol. The van der Waals surface area contributed by atoms with Crippen molar-refractivity contribution in [2.75, 3.05) is 18.6 Å². The lowest BCUT2D eigenvalue weighted by Gasteiger charge is -2.14. The van der Waals surface area contributed by atoms with E-state index >= 15 is 0 Å². The van der Waals surface area contributed by atoms with E-state index in [1.54, 1.807) is 12.1 Å². The van der Waals surface area contributed by atoms with Gasteiger partial charge in [0, 0.05) is 10.2 Å². The van der Waals surface area contributed by atoms with Gasteiger partial charge in [-0.3, -0.25) is 0 Å². The zero-order valence-corrected chi connectivity index (χ0v) is 12.5. The van der Waals surface area contributed by atoms with Gasteiger partial charge < -0.3 is 9.84 Å². The Morgan fingerprint density at radius 3 is 2.94 bits per heavy atom. The number of hydrogen-bond donors (Lipinski definition) is 1. The predicted octanol–water partition coefficient (Wildman–Crippen LogP) is 2.88. The maximum atomic E-state index is 11.3. The van der Waals surface area contributed by atoms with Crippen LogP contribution in [0.4, 0.5) is 0 Å². The Labute approximate surface area is 119 Å². The van der Waals surface area contributed by atoms with Crippen molar-refractivity contribution < 1.29 is 14.6 Å². The van der Waals surface area contributed by atoms with Gasteiger partial charge in [-0.05, 0) is 35.3 Å². The third-order valence-electron chi connectivity index (χ3n) is 3.13. The average Bonchev–Trinajstić information content (AvgIpc) is 2.90. The highest BCUT2D eigenvalue weighted by Crippen LogP contribution is 2.37. The fraction of sp³-hybridized carbons (Fsp3) is 0.462. The van der Waals surface area contributed by atoms with E-state index in [0.29, 0.717) is 11.5 Å². The standard InChI is InChI=1S/C13H15BrO3S/c1-17-13(16)12(15)8-2-3-10(11(14)6-8)9-4-5-18-7-9/h2-3,6,9,12,15H,4-5,7H2,1H3. The summed E-state index contributed by atoms with van der Waals surface area (Å²) in [6, 6.07) is 5.59. The molecule has 0 saturated carbocycles. The first-order chi connectivity index (χ1) is 8.63. The summed E-state index contributed by atoms with van der Waals surface area (Å²) in [5.74, 6) is 2.26. The molecule has 1 saturated heterocycles. The van der Waals surface area contributed by atoms with Gasteiger partial charge in [-0.1, -0.05) is 28.1 Å². The van der Waals surface area contributed by atoms with Crippen molar-refractivity contribution in [2.45, 2.75) is 18.4 Å². The third kappa shape index (κ3) is 2.90. The van der Waals surface area contributed by atoms with E-state index in [0.717, 1.165) is 10.2 Å². The second kappa shape index (κ2) is 6.08. The Kier molecular flexibility index (Phi) is 4.70. The van der Waals surface area contributed by atoms with Crippen LogP contribution in [0.1, 0.15) is 29.6 Å². The lowest BCUT2D eigenvalue weighted by molar-refractivity contribution is -0.150. The number of aliphatic hydroxyl groups excluding tert-OH is 1. The maximum Gasteiger partial charge on any atom is 0.339 e. The zero-order valence-electron chi connectivity index (χ0n) is 10.1. The molecule has 1 N–H and O–H groups in total. The van der Waals surface area contributed by atoms with Crippen molar-refractivity contribution in [2.24, 2.45) is 0 Å². The number of esters is 1. The third-order valence-corrected chi connectivity index (χ3v) is 4.98. The van der Waals surface area contributed by atoms with E-state index in [2.05, 4.69) is 20.7 Å². The van der Waals surface area contributed by atoms with Crippen LogP contribution in [0.3, 0.4) is 0 Å². The molecule has 1 fully saturated rings. The van der Waals surface area contributed by atoms with Crippen LogP contribution in [0.2, 0.25) is 0 Å². The van der Waals surface area contributed by atoms with Crippen LogP contribution in [0, 0.1) is 0 Å². The Morgan fingerprint density at radius 1 is 1.61 bits per heavy atom. The lowest BCUT2D eigenvalue weighted by Crippen LogP contribution is -2.13. The maximum absolute atomic E-state index is 11.3. The molecule has 0 aromatic heterocycles. The highest BCUT2D eigenvalue weighted by Gasteiger charge is 2.22. The molecule has 1 aromatic carbocycles. The molecule has 5 heteroatoms. The number of halogens is 1. The quantitative estimate of drug-likeness (QED) is 0.865. The predicted molar refractivity (Wildman–Crippen MR) is 75.8 cm³/mol. The summed E-state index contributed by atoms with van der Waals surface area (Å²) in [7, 11) is 1.27. The Bertz CT molecular complexity index is 444. The van der Waals surface area contributed by atoms with Gasteiger partial charge in [0.15, 0.2) is 6.10 Å². The molecule has 0 aliphatic carbocycles. The number of carbonyl (C=O) groups excluding carboxylic acids is 1. The largest absolute Gasteiger partial charge is 0.467 e. The molecular formula is C13H15BrO3S. The van der Waals surface area contributed by atoms with Gasteiger partial charge in [0.2, 0.25) is 0 Å². The number of thioether (sulfide) groups is 1. The molecular weight excluding hydrogens is 316 g/mol. The number of methoxy groups -OCH3 is 1. The van der Waals surface area contributed by atoms with Crippen molar-refractivity contribution in [3.8, 4) is 0 Å². The fourth-order valence-electron chi connectivity index (χ4n) is 2.07. The summed E-state index contributed by atoms with van der Waals surface area (Å²) < 4.78 is 5.48. The van der Waals surface area contributed by atoms with Crippen LogP contribution < -0.4 is 0 Å². The number of hydrogen-bond acceptors (Lipinski definition) is 4. The van der Waals surface area contributed by atoms with E-state index in [-0.39, 0.29) is 0 Å². The molecule has 1 heterocycles. The van der Waals surface area contributed by atoms with Crippen LogP contribution in [-0.4, -0.2) is 29.7 Å². The van der Waals surface area contributed by atoms with Crippen molar-refractivity contribution >= 4 is 33.7 Å². The van der Waals surface area contributed by atoms with E-state index in [1.807, 2.05) is 17.8 Å². The Morgan fingerprint density at radius 2 is 2.39 bits per heavy atom. The molecule has 1 aliphatic heterocycles. The van der Waals surface area contributed by atoms with E-state index in [4.69, 9.17) is 0 Å². The number of rotatable bonds is 3. The highest BCUT2D eigenvalue weighted by molar-refractivity contribution is 9.10. The molecule has 0 amide bonds. The first-order valence-corrected chi connectivity index (χ1v) is 7.71. The second-order valence-electron chi connectivity index (χ2n) is 4.27. The zero-order chi connectivity index (χ0) is 13.1. The van der Waals surface area contributed by atoms with Gasteiger partial charge in [0.1, 0.15) is 0 Å². The molecule has 0 radical (unpaired) electrons. The van der Waals surface area contributed by atoms with Gasteiger partial charge in [-0.15, -0.1) is 0 Å². The first-order valence-electron chi connectivity index (χ1n) is 5.76. The minimum absolute atomic E-state index is 0.558. The molecule has 2 unspecified atom stereocenters. The molecule has 0 spiro atoms. The average molecular weight is 331 g/mol. The topological polar surface area (TPSA) is 46.5 Å². The number of carbonyl (C=O) groups is 1. The molecule has 2 atom stereocenters.